The number of likely N-dealkylation sites (tertiary alicyclic amines) is 2. The molecule has 2 saturated heterocycles. The zero-order valence-electron chi connectivity index (χ0n) is 25.4. The van der Waals surface area contributed by atoms with Crippen LogP contribution >= 0.6 is 0 Å². The monoisotopic (exact) mass is 584 g/mol. The van der Waals surface area contributed by atoms with Crippen LogP contribution in [-0.4, -0.2) is 70.3 Å². The summed E-state index contributed by atoms with van der Waals surface area (Å²) in [6, 6.07) is 13.7. The van der Waals surface area contributed by atoms with E-state index in [0.717, 1.165) is 74.1 Å². The smallest absolute Gasteiger partial charge is 0.257 e. The molecule has 9 nitrogen and oxygen atoms in total. The van der Waals surface area contributed by atoms with E-state index in [4.69, 9.17) is 4.98 Å². The number of nitrogens with one attached hydrogen (secondary N) is 1. The summed E-state index contributed by atoms with van der Waals surface area (Å²) in [6.45, 7) is 5.16. The van der Waals surface area contributed by atoms with Gasteiger partial charge in [-0.15, -0.1) is 0 Å². The molecule has 2 aromatic carbocycles. The Morgan fingerprint density at radius 1 is 0.977 bits per heavy atom. The van der Waals surface area contributed by atoms with Crippen molar-refractivity contribution < 1.29 is 14.4 Å². The van der Waals surface area contributed by atoms with Gasteiger partial charge in [0.05, 0.1) is 11.0 Å². The predicted molar refractivity (Wildman–Crippen MR) is 169 cm³/mol. The summed E-state index contributed by atoms with van der Waals surface area (Å²) in [4.78, 5) is 49.7. The average molecular weight is 585 g/mol. The minimum Gasteiger partial charge on any atom is -0.343 e. The van der Waals surface area contributed by atoms with Gasteiger partial charge >= 0.3 is 0 Å². The van der Waals surface area contributed by atoms with E-state index in [1.54, 1.807) is 4.90 Å². The Morgan fingerprint density at radius 3 is 2.56 bits per heavy atom. The minimum absolute atomic E-state index is 0.128. The number of amides is 3. The number of hydrogen-bond acceptors (Lipinski definition) is 5. The summed E-state index contributed by atoms with van der Waals surface area (Å²) < 4.78 is 2.03. The molecule has 0 unspecified atom stereocenters. The van der Waals surface area contributed by atoms with Crippen LogP contribution in [0.4, 0.5) is 11.6 Å². The molecule has 3 heterocycles. The third-order valence-corrected chi connectivity index (χ3v) is 9.43. The van der Waals surface area contributed by atoms with Gasteiger partial charge in [-0.05, 0) is 93.4 Å². The third-order valence-electron chi connectivity index (χ3n) is 9.43. The number of carbonyl (C=O) groups is 3. The zero-order chi connectivity index (χ0) is 29.8. The van der Waals surface area contributed by atoms with Crippen LogP contribution in [0.1, 0.15) is 80.1 Å². The summed E-state index contributed by atoms with van der Waals surface area (Å²) >= 11 is 0. The summed E-state index contributed by atoms with van der Waals surface area (Å²) in [7, 11) is 1.83. The molecule has 1 aromatic heterocycles. The molecule has 43 heavy (non-hydrogen) atoms. The lowest BCUT2D eigenvalue weighted by Gasteiger charge is -2.19. The van der Waals surface area contributed by atoms with Gasteiger partial charge in [-0.1, -0.05) is 25.0 Å². The van der Waals surface area contributed by atoms with E-state index in [1.807, 2.05) is 52.9 Å². The molecule has 0 bridgehead atoms. The highest BCUT2D eigenvalue weighted by Gasteiger charge is 2.23. The lowest BCUT2D eigenvalue weighted by molar-refractivity contribution is -0.127. The normalized spacial score (nSPS) is 17.8. The maximum Gasteiger partial charge on any atom is 0.257 e. The predicted octanol–water partition coefficient (Wildman–Crippen LogP) is 5.44. The fourth-order valence-electron chi connectivity index (χ4n) is 6.93. The van der Waals surface area contributed by atoms with Gasteiger partial charge in [-0.2, -0.15) is 0 Å². The average Bonchev–Trinajstić information content (AvgIpc) is 3.83. The molecule has 3 aromatic rings. The van der Waals surface area contributed by atoms with E-state index >= 15 is 0 Å². The first kappa shape index (κ1) is 29.4. The molecule has 3 amide bonds. The first-order valence-corrected chi connectivity index (χ1v) is 16.1. The second-order valence-electron chi connectivity index (χ2n) is 12.5. The van der Waals surface area contributed by atoms with Crippen molar-refractivity contribution in [3.05, 3.63) is 53.6 Å². The van der Waals surface area contributed by atoms with Gasteiger partial charge in [-0.25, -0.2) is 4.98 Å². The molecule has 228 valence electrons. The Balaban J connectivity index is 1.22. The number of fused-ring (bicyclic) bond motifs is 1. The lowest BCUT2D eigenvalue weighted by Crippen LogP contribution is -2.27. The summed E-state index contributed by atoms with van der Waals surface area (Å²) in [5.41, 5.74) is 4.17. The van der Waals surface area contributed by atoms with Crippen molar-refractivity contribution >= 4 is 40.4 Å². The lowest BCUT2D eigenvalue weighted by atomic mass is 10.0. The van der Waals surface area contributed by atoms with Crippen LogP contribution in [0.25, 0.3) is 11.0 Å². The fraction of sp³-hybridized carbons (Fsp3) is 0.529. The van der Waals surface area contributed by atoms with Gasteiger partial charge in [0.1, 0.15) is 0 Å². The SMILES string of the molecule is CN(C(=O)CC1CCCC1)c1ccc2c(c1)nc(NC(=O)c1cccc(CN3CCCC3)c1)n2CCCN1CCCC1=O. The van der Waals surface area contributed by atoms with Crippen LogP contribution in [0.3, 0.4) is 0 Å². The van der Waals surface area contributed by atoms with Crippen molar-refractivity contribution in [3.8, 4) is 0 Å². The molecule has 9 heteroatoms. The highest BCUT2D eigenvalue weighted by molar-refractivity contribution is 6.04. The number of rotatable bonds is 11. The largest absolute Gasteiger partial charge is 0.343 e. The number of imidazole rings is 1. The first-order valence-electron chi connectivity index (χ1n) is 16.1. The molecule has 1 aliphatic carbocycles. The van der Waals surface area contributed by atoms with Crippen molar-refractivity contribution in [2.75, 3.05) is 43.4 Å². The van der Waals surface area contributed by atoms with E-state index in [9.17, 15) is 14.4 Å². The number of anilines is 2. The highest BCUT2D eigenvalue weighted by atomic mass is 16.2. The van der Waals surface area contributed by atoms with Crippen LogP contribution in [0.5, 0.6) is 0 Å². The van der Waals surface area contributed by atoms with E-state index in [1.165, 1.54) is 25.7 Å². The zero-order valence-corrected chi connectivity index (χ0v) is 25.4. The Bertz CT molecular complexity index is 1470. The molecule has 0 radical (unpaired) electrons. The molecule has 0 spiro atoms. The summed E-state index contributed by atoms with van der Waals surface area (Å²) in [5.74, 6) is 1.11. The molecule has 3 fully saturated rings. The molecular weight excluding hydrogens is 540 g/mol. The highest BCUT2D eigenvalue weighted by Crippen LogP contribution is 2.30. The Labute approximate surface area is 254 Å². The van der Waals surface area contributed by atoms with Gasteiger partial charge < -0.3 is 14.4 Å². The first-order chi connectivity index (χ1) is 20.9. The van der Waals surface area contributed by atoms with Crippen LogP contribution < -0.4 is 10.2 Å². The van der Waals surface area contributed by atoms with Crippen LogP contribution in [0, 0.1) is 5.92 Å². The Hall–Kier alpha value is -3.72. The van der Waals surface area contributed by atoms with Crippen molar-refractivity contribution in [3.63, 3.8) is 0 Å². The van der Waals surface area contributed by atoms with Gasteiger partial charge in [0.25, 0.3) is 5.91 Å². The summed E-state index contributed by atoms with van der Waals surface area (Å²) in [5, 5.41) is 3.08. The fourth-order valence-corrected chi connectivity index (χ4v) is 6.93. The summed E-state index contributed by atoms with van der Waals surface area (Å²) in [6.07, 6.45) is 10.0. The van der Waals surface area contributed by atoms with Gasteiger partial charge in [-0.3, -0.25) is 24.6 Å². The third kappa shape index (κ3) is 6.93. The standard InChI is InChI=1S/C34H44N6O3/c1-37(32(42)22-25-9-2-3-10-25)28-14-15-30-29(23-28)35-34(40(30)20-8-19-39-18-7-13-31(39)41)36-33(43)27-12-6-11-26(21-27)24-38-16-4-5-17-38/h6,11-12,14-15,21,23,25H,2-5,7-10,13,16-20,22,24H2,1H3,(H,35,36,43). The van der Waals surface area contributed by atoms with Crippen LogP contribution in [-0.2, 0) is 22.7 Å². The number of hydrogen-bond donors (Lipinski definition) is 1. The number of aromatic nitrogens is 2. The second-order valence-corrected chi connectivity index (χ2v) is 12.5. The van der Waals surface area contributed by atoms with Crippen LogP contribution in [0.15, 0.2) is 42.5 Å². The van der Waals surface area contributed by atoms with Crippen LogP contribution in [0.2, 0.25) is 0 Å². The molecule has 1 N–H and O–H groups in total. The van der Waals surface area contributed by atoms with E-state index in [2.05, 4.69) is 16.3 Å². The van der Waals surface area contributed by atoms with Crippen molar-refractivity contribution in [2.45, 2.75) is 77.3 Å². The quantitative estimate of drug-likeness (QED) is 0.324. The number of nitrogens with zero attached hydrogens (tertiary/aromatic N) is 5. The van der Waals surface area contributed by atoms with E-state index in [0.29, 0.717) is 43.4 Å². The topological polar surface area (TPSA) is 90.8 Å². The van der Waals surface area contributed by atoms with Crippen molar-refractivity contribution in [1.82, 2.24) is 19.4 Å². The number of benzene rings is 2. The molecular formula is C34H44N6O3. The number of aryl methyl sites for hydroxylation is 1. The van der Waals surface area contributed by atoms with Gasteiger partial charge in [0.15, 0.2) is 0 Å². The van der Waals surface area contributed by atoms with E-state index < -0.39 is 0 Å². The Morgan fingerprint density at radius 2 is 1.79 bits per heavy atom. The Kier molecular flexibility index (Phi) is 9.07. The van der Waals surface area contributed by atoms with Gasteiger partial charge in [0.2, 0.25) is 17.8 Å². The van der Waals surface area contributed by atoms with Crippen molar-refractivity contribution in [2.24, 2.45) is 5.92 Å². The van der Waals surface area contributed by atoms with Gasteiger partial charge in [0, 0.05) is 57.3 Å². The molecule has 1 saturated carbocycles. The maximum atomic E-state index is 13.5. The van der Waals surface area contributed by atoms with Crippen molar-refractivity contribution in [1.29, 1.82) is 0 Å². The molecule has 6 rings (SSSR count). The minimum atomic E-state index is -0.196. The molecule has 0 atom stereocenters. The maximum absolute atomic E-state index is 13.5. The molecule has 2 aliphatic heterocycles. The number of carbonyl (C=O) groups excluding carboxylic acids is 3. The molecule has 3 aliphatic rings. The van der Waals surface area contributed by atoms with E-state index in [-0.39, 0.29) is 17.7 Å². The second kappa shape index (κ2) is 13.3.